The van der Waals surface area contributed by atoms with Crippen LogP contribution < -0.4 is 0 Å². The van der Waals surface area contributed by atoms with E-state index in [4.69, 9.17) is 0 Å². The first-order chi connectivity index (χ1) is 19.7. The largest absolute Gasteiger partial charge is 0.316 e. The third-order valence-electron chi connectivity index (χ3n) is 7.90. The number of aromatic nitrogens is 2. The fourth-order valence-corrected chi connectivity index (χ4v) is 5.97. The van der Waals surface area contributed by atoms with Crippen molar-refractivity contribution >= 4 is 49.3 Å². The first-order valence-corrected chi connectivity index (χ1v) is 13.5. The van der Waals surface area contributed by atoms with Crippen molar-refractivity contribution in [3.8, 4) is 11.4 Å². The third kappa shape index (κ3) is 3.49. The summed E-state index contributed by atoms with van der Waals surface area (Å²) in [6, 6.07) is 47.7. The summed E-state index contributed by atoms with van der Waals surface area (Å²) in [5.41, 5.74) is 6.84. The molecule has 0 radical (unpaired) electrons. The van der Waals surface area contributed by atoms with E-state index in [1.165, 1.54) is 16.2 Å². The van der Waals surface area contributed by atoms with E-state index >= 15 is 0 Å². The summed E-state index contributed by atoms with van der Waals surface area (Å²) in [6.07, 6.45) is 2.13. The second-order valence-corrected chi connectivity index (χ2v) is 10.2. The lowest BCUT2D eigenvalue weighted by molar-refractivity contribution is 0.103. The van der Waals surface area contributed by atoms with E-state index in [0.29, 0.717) is 11.1 Å². The molecule has 2 aromatic heterocycles. The van der Waals surface area contributed by atoms with Crippen LogP contribution in [0.25, 0.3) is 54.9 Å². The van der Waals surface area contributed by atoms with Crippen LogP contribution in [0, 0.1) is 0 Å². The van der Waals surface area contributed by atoms with Crippen LogP contribution in [-0.2, 0) is 0 Å². The zero-order valence-corrected chi connectivity index (χ0v) is 21.7. The van der Waals surface area contributed by atoms with E-state index in [2.05, 4.69) is 94.2 Å². The van der Waals surface area contributed by atoms with Gasteiger partial charge in [-0.25, -0.2) is 0 Å². The van der Waals surface area contributed by atoms with Crippen LogP contribution in [0.3, 0.4) is 0 Å². The molecule has 0 fully saturated rings. The molecule has 3 nitrogen and oxygen atoms in total. The maximum atomic E-state index is 13.7. The number of ketones is 1. The van der Waals surface area contributed by atoms with Gasteiger partial charge in [-0.1, -0.05) is 84.9 Å². The van der Waals surface area contributed by atoms with Crippen molar-refractivity contribution in [1.29, 1.82) is 0 Å². The van der Waals surface area contributed by atoms with Crippen LogP contribution in [0.1, 0.15) is 15.9 Å². The fraction of sp³-hybridized carbons (Fsp3) is 0. The Hall–Kier alpha value is -5.41. The van der Waals surface area contributed by atoms with Crippen molar-refractivity contribution in [2.45, 2.75) is 0 Å². The summed E-state index contributed by atoms with van der Waals surface area (Å²) < 4.78 is 4.51. The molecule has 0 N–H and O–H groups in total. The smallest absolute Gasteiger partial charge is 0.193 e. The van der Waals surface area contributed by atoms with Gasteiger partial charge in [-0.3, -0.25) is 4.79 Å². The summed E-state index contributed by atoms with van der Waals surface area (Å²) in [5.74, 6) is 0.0220. The van der Waals surface area contributed by atoms with Crippen molar-refractivity contribution in [3.05, 3.63) is 157 Å². The highest BCUT2D eigenvalue weighted by Gasteiger charge is 2.17. The second kappa shape index (κ2) is 8.82. The van der Waals surface area contributed by atoms with Gasteiger partial charge in [-0.2, -0.15) is 0 Å². The maximum absolute atomic E-state index is 13.7. The number of para-hydroxylation sites is 2. The highest BCUT2D eigenvalue weighted by Crippen LogP contribution is 2.36. The molecule has 6 aromatic carbocycles. The van der Waals surface area contributed by atoms with Gasteiger partial charge in [0.2, 0.25) is 0 Å². The summed E-state index contributed by atoms with van der Waals surface area (Å²) in [7, 11) is 0. The Morgan fingerprint density at radius 2 is 1.20 bits per heavy atom. The molecule has 188 valence electrons. The Morgan fingerprint density at radius 3 is 2.10 bits per heavy atom. The van der Waals surface area contributed by atoms with Crippen molar-refractivity contribution in [1.82, 2.24) is 9.13 Å². The average molecular weight is 513 g/mol. The molecule has 0 amide bonds. The number of rotatable bonds is 4. The normalized spacial score (nSPS) is 11.6. The first-order valence-electron chi connectivity index (χ1n) is 13.5. The Bertz CT molecular complexity index is 2230. The molecule has 8 aromatic rings. The molecular formula is C37H24N2O. The third-order valence-corrected chi connectivity index (χ3v) is 7.90. The van der Waals surface area contributed by atoms with Crippen molar-refractivity contribution in [3.63, 3.8) is 0 Å². The molecule has 0 aliphatic heterocycles. The predicted molar refractivity (Wildman–Crippen MR) is 165 cm³/mol. The van der Waals surface area contributed by atoms with E-state index in [1.54, 1.807) is 0 Å². The molecule has 40 heavy (non-hydrogen) atoms. The minimum atomic E-state index is 0.0220. The van der Waals surface area contributed by atoms with Crippen molar-refractivity contribution < 1.29 is 4.79 Å². The van der Waals surface area contributed by atoms with E-state index in [-0.39, 0.29) is 5.78 Å². The summed E-state index contributed by atoms with van der Waals surface area (Å²) in [6.45, 7) is 0. The lowest BCUT2D eigenvalue weighted by atomic mass is 9.99. The zero-order valence-electron chi connectivity index (χ0n) is 21.7. The number of hydrogen-bond acceptors (Lipinski definition) is 1. The molecule has 0 atom stereocenters. The minimum Gasteiger partial charge on any atom is -0.316 e. The van der Waals surface area contributed by atoms with Gasteiger partial charge < -0.3 is 9.13 Å². The molecule has 0 spiro atoms. The van der Waals surface area contributed by atoms with Gasteiger partial charge >= 0.3 is 0 Å². The molecule has 0 unspecified atom stereocenters. The van der Waals surface area contributed by atoms with E-state index in [1.807, 2.05) is 60.7 Å². The Labute approximate surface area is 231 Å². The van der Waals surface area contributed by atoms with Gasteiger partial charge in [0.1, 0.15) is 0 Å². The van der Waals surface area contributed by atoms with Crippen molar-refractivity contribution in [2.75, 3.05) is 0 Å². The number of fused-ring (bicyclic) bond motifs is 5. The topological polar surface area (TPSA) is 26.9 Å². The van der Waals surface area contributed by atoms with Crippen LogP contribution in [0.4, 0.5) is 0 Å². The van der Waals surface area contributed by atoms with E-state index in [9.17, 15) is 4.79 Å². The molecule has 0 saturated heterocycles. The second-order valence-electron chi connectivity index (χ2n) is 10.2. The fourth-order valence-electron chi connectivity index (χ4n) is 5.97. The van der Waals surface area contributed by atoms with Crippen LogP contribution in [0.5, 0.6) is 0 Å². The molecule has 0 aliphatic rings. The number of benzene rings is 6. The highest BCUT2D eigenvalue weighted by atomic mass is 16.1. The van der Waals surface area contributed by atoms with Gasteiger partial charge in [-0.05, 0) is 65.4 Å². The molecule has 0 bridgehead atoms. The lowest BCUT2D eigenvalue weighted by Gasteiger charge is -2.11. The van der Waals surface area contributed by atoms with Crippen LogP contribution in [0.2, 0.25) is 0 Å². The van der Waals surface area contributed by atoms with Gasteiger partial charge in [0.05, 0.1) is 16.6 Å². The highest BCUT2D eigenvalue weighted by molar-refractivity contribution is 6.14. The summed E-state index contributed by atoms with van der Waals surface area (Å²) >= 11 is 0. The van der Waals surface area contributed by atoms with Gasteiger partial charge in [-0.15, -0.1) is 0 Å². The van der Waals surface area contributed by atoms with Gasteiger partial charge in [0, 0.05) is 44.9 Å². The van der Waals surface area contributed by atoms with Crippen LogP contribution in [0.15, 0.2) is 146 Å². The average Bonchev–Trinajstić information content (AvgIpc) is 3.58. The lowest BCUT2D eigenvalue weighted by Crippen LogP contribution is -2.03. The van der Waals surface area contributed by atoms with E-state index < -0.39 is 0 Å². The van der Waals surface area contributed by atoms with Crippen LogP contribution >= 0.6 is 0 Å². The maximum Gasteiger partial charge on any atom is 0.193 e. The summed E-state index contributed by atoms with van der Waals surface area (Å²) in [4.78, 5) is 13.7. The summed E-state index contributed by atoms with van der Waals surface area (Å²) in [5, 5.41) is 5.78. The molecular weight excluding hydrogens is 488 g/mol. The number of nitrogens with zero attached hydrogens (tertiary/aromatic N) is 2. The Kier molecular flexibility index (Phi) is 4.98. The Morgan fingerprint density at radius 1 is 0.450 bits per heavy atom. The van der Waals surface area contributed by atoms with Gasteiger partial charge in [0.15, 0.2) is 5.78 Å². The Balaban J connectivity index is 1.32. The number of carbonyl (C=O) groups excluding carboxylic acids is 1. The minimum absolute atomic E-state index is 0.0220. The monoisotopic (exact) mass is 512 g/mol. The number of carbonyl (C=O) groups is 1. The SMILES string of the molecule is O=C(c1cccc(-n2c3ccccc3c3cc4ccn(-c5ccccc5)c4cc32)c1)c1ccc2ccccc2c1. The van der Waals surface area contributed by atoms with Gasteiger partial charge in [0.25, 0.3) is 0 Å². The molecule has 0 saturated carbocycles. The molecule has 3 heteroatoms. The quantitative estimate of drug-likeness (QED) is 0.216. The standard InChI is InChI=1S/C37H24N2O/c40-37(29-18-17-25-9-4-5-10-26(25)21-29)28-11-8-14-31(22-28)39-34-16-7-6-15-32(34)33-23-27-19-20-38(35(27)24-36(33)39)30-12-2-1-3-13-30/h1-24H. The predicted octanol–water partition coefficient (Wildman–Crippen LogP) is 9.11. The first kappa shape index (κ1) is 22.6. The molecule has 0 aliphatic carbocycles. The van der Waals surface area contributed by atoms with Crippen molar-refractivity contribution in [2.24, 2.45) is 0 Å². The molecule has 2 heterocycles. The number of hydrogen-bond donors (Lipinski definition) is 0. The molecule has 8 rings (SSSR count). The van der Waals surface area contributed by atoms with Crippen LogP contribution in [-0.4, -0.2) is 14.9 Å². The van der Waals surface area contributed by atoms with E-state index in [0.717, 1.165) is 38.7 Å². The zero-order chi connectivity index (χ0) is 26.6.